The van der Waals surface area contributed by atoms with Crippen molar-refractivity contribution in [3.63, 3.8) is 0 Å². The maximum absolute atomic E-state index is 12.7. The number of hydrogen-bond donors (Lipinski definition) is 1. The van der Waals surface area contributed by atoms with Crippen LogP contribution >= 0.6 is 0 Å². The Hall–Kier alpha value is -1.51. The normalized spacial score (nSPS) is 19.2. The Labute approximate surface area is 116 Å². The summed E-state index contributed by atoms with van der Waals surface area (Å²) in [5, 5.41) is 3.37. The molecule has 1 aromatic rings. The van der Waals surface area contributed by atoms with E-state index in [9.17, 15) is 4.79 Å². The Morgan fingerprint density at radius 3 is 2.95 bits per heavy atom. The summed E-state index contributed by atoms with van der Waals surface area (Å²) in [6, 6.07) is 8.48. The highest BCUT2D eigenvalue weighted by molar-refractivity contribution is 5.86. The molecule has 1 amide bonds. The Bertz CT molecular complexity index is 444. The summed E-state index contributed by atoms with van der Waals surface area (Å²) >= 11 is 0. The molecule has 1 aromatic carbocycles. The summed E-state index contributed by atoms with van der Waals surface area (Å²) in [4.78, 5) is 14.6. The lowest BCUT2D eigenvalue weighted by molar-refractivity contribution is -0.133. The van der Waals surface area contributed by atoms with E-state index in [1.165, 1.54) is 0 Å². The molecule has 1 heterocycles. The van der Waals surface area contributed by atoms with E-state index < -0.39 is 0 Å². The molecule has 2 atom stereocenters. The van der Waals surface area contributed by atoms with E-state index in [1.807, 2.05) is 24.1 Å². The van der Waals surface area contributed by atoms with Crippen LogP contribution in [0.2, 0.25) is 0 Å². The molecule has 0 bridgehead atoms. The molecule has 1 N–H and O–H groups in total. The molecule has 2 rings (SSSR count). The highest BCUT2D eigenvalue weighted by Crippen LogP contribution is 2.32. The summed E-state index contributed by atoms with van der Waals surface area (Å²) in [5.41, 5.74) is 2.26. The number of nitrogens with zero attached hydrogens (tertiary/aromatic N) is 1. The van der Waals surface area contributed by atoms with E-state index >= 15 is 0 Å². The van der Waals surface area contributed by atoms with Gasteiger partial charge in [-0.05, 0) is 31.4 Å². The number of hydrogen-bond acceptors (Lipinski definition) is 2. The number of carbonyl (C=O) groups is 1. The topological polar surface area (TPSA) is 32.3 Å². The fourth-order valence-electron chi connectivity index (χ4n) is 2.80. The largest absolute Gasteiger partial charge is 0.385 e. The van der Waals surface area contributed by atoms with Gasteiger partial charge in [-0.2, -0.15) is 0 Å². The number of para-hydroxylation sites is 1. The van der Waals surface area contributed by atoms with Gasteiger partial charge in [0.05, 0.1) is 5.92 Å². The predicted octanol–water partition coefficient (Wildman–Crippen LogP) is 3.23. The maximum atomic E-state index is 12.7. The Morgan fingerprint density at radius 1 is 1.47 bits per heavy atom. The number of nitrogens with one attached hydrogen (secondary N) is 1. The minimum Gasteiger partial charge on any atom is -0.385 e. The fraction of sp³-hybridized carbons (Fsp3) is 0.562. The zero-order valence-electron chi connectivity index (χ0n) is 12.1. The van der Waals surface area contributed by atoms with Gasteiger partial charge in [-0.3, -0.25) is 4.79 Å². The fourth-order valence-corrected chi connectivity index (χ4v) is 2.80. The van der Waals surface area contributed by atoms with Gasteiger partial charge in [-0.15, -0.1) is 0 Å². The van der Waals surface area contributed by atoms with Crippen LogP contribution < -0.4 is 5.32 Å². The van der Waals surface area contributed by atoms with Gasteiger partial charge in [-0.25, -0.2) is 0 Å². The molecule has 0 radical (unpaired) electrons. The van der Waals surface area contributed by atoms with Crippen LogP contribution in [0.25, 0.3) is 0 Å². The predicted molar refractivity (Wildman–Crippen MR) is 79.4 cm³/mol. The summed E-state index contributed by atoms with van der Waals surface area (Å²) < 4.78 is 0. The zero-order valence-corrected chi connectivity index (χ0v) is 12.1. The van der Waals surface area contributed by atoms with Crippen molar-refractivity contribution in [1.29, 1.82) is 0 Å². The molecule has 1 aliphatic rings. The number of anilines is 1. The van der Waals surface area contributed by atoms with Crippen LogP contribution in [-0.4, -0.2) is 30.4 Å². The first kappa shape index (κ1) is 13.9. The second kappa shape index (κ2) is 6.09. The highest BCUT2D eigenvalue weighted by atomic mass is 16.2. The summed E-state index contributed by atoms with van der Waals surface area (Å²) in [6.07, 6.45) is 3.06. The van der Waals surface area contributed by atoms with Gasteiger partial charge in [0.25, 0.3) is 0 Å². The summed E-state index contributed by atoms with van der Waals surface area (Å²) in [5.74, 6) is 0.275. The molecule has 3 heteroatoms. The molecule has 2 unspecified atom stereocenters. The van der Waals surface area contributed by atoms with E-state index in [0.29, 0.717) is 6.04 Å². The third kappa shape index (κ3) is 2.91. The summed E-state index contributed by atoms with van der Waals surface area (Å²) in [6.45, 7) is 5.17. The second-order valence-electron chi connectivity index (χ2n) is 5.44. The van der Waals surface area contributed by atoms with Gasteiger partial charge in [0.15, 0.2) is 0 Å². The lowest BCUT2D eigenvalue weighted by atomic mass is 9.89. The number of carbonyl (C=O) groups excluding carboxylic acids is 1. The van der Waals surface area contributed by atoms with Crippen molar-refractivity contribution in [1.82, 2.24) is 4.90 Å². The highest BCUT2D eigenvalue weighted by Gasteiger charge is 2.29. The molecule has 0 aliphatic carbocycles. The first-order valence-electron chi connectivity index (χ1n) is 7.24. The number of benzene rings is 1. The first-order chi connectivity index (χ1) is 9.15. The van der Waals surface area contributed by atoms with Gasteiger partial charge in [0.2, 0.25) is 5.91 Å². The van der Waals surface area contributed by atoms with E-state index in [4.69, 9.17) is 0 Å². The Morgan fingerprint density at radius 2 is 2.21 bits per heavy atom. The van der Waals surface area contributed by atoms with Crippen molar-refractivity contribution in [2.24, 2.45) is 0 Å². The average Bonchev–Trinajstić information content (AvgIpc) is 2.45. The quantitative estimate of drug-likeness (QED) is 0.901. The molecule has 19 heavy (non-hydrogen) atoms. The summed E-state index contributed by atoms with van der Waals surface area (Å²) in [7, 11) is 1.94. The van der Waals surface area contributed by atoms with Crippen LogP contribution in [0, 0.1) is 0 Å². The average molecular weight is 260 g/mol. The minimum atomic E-state index is 0.0155. The second-order valence-corrected chi connectivity index (χ2v) is 5.44. The SMILES string of the molecule is CCCC(C)N(C)C(=O)C1CCNc2ccccc21. The number of fused-ring (bicyclic) bond motifs is 1. The molecule has 0 aromatic heterocycles. The van der Waals surface area contributed by atoms with Gasteiger partial charge in [-0.1, -0.05) is 31.5 Å². The van der Waals surface area contributed by atoms with Crippen LogP contribution in [0.3, 0.4) is 0 Å². The van der Waals surface area contributed by atoms with Crippen molar-refractivity contribution in [3.05, 3.63) is 29.8 Å². The van der Waals surface area contributed by atoms with E-state index in [0.717, 1.165) is 37.1 Å². The Kier molecular flexibility index (Phi) is 4.46. The van der Waals surface area contributed by atoms with E-state index in [1.54, 1.807) is 0 Å². The molecule has 0 saturated carbocycles. The molecule has 104 valence electrons. The monoisotopic (exact) mass is 260 g/mol. The third-order valence-corrected chi connectivity index (χ3v) is 4.10. The Balaban J connectivity index is 2.16. The molecular formula is C16H24N2O. The van der Waals surface area contributed by atoms with Crippen LogP contribution in [0.15, 0.2) is 24.3 Å². The van der Waals surface area contributed by atoms with Crippen molar-refractivity contribution in [3.8, 4) is 0 Å². The van der Waals surface area contributed by atoms with Gasteiger partial charge in [0, 0.05) is 25.3 Å². The van der Waals surface area contributed by atoms with Gasteiger partial charge >= 0.3 is 0 Å². The smallest absolute Gasteiger partial charge is 0.230 e. The molecule has 0 fully saturated rings. The lowest BCUT2D eigenvalue weighted by Crippen LogP contribution is -2.40. The minimum absolute atomic E-state index is 0.0155. The molecular weight excluding hydrogens is 236 g/mol. The van der Waals surface area contributed by atoms with Gasteiger partial charge in [0.1, 0.15) is 0 Å². The van der Waals surface area contributed by atoms with Crippen LogP contribution in [0.5, 0.6) is 0 Å². The van der Waals surface area contributed by atoms with Crippen LogP contribution in [0.4, 0.5) is 5.69 Å². The standard InChI is InChI=1S/C16H24N2O/c1-4-7-12(2)18(3)16(19)14-10-11-17-15-9-6-5-8-13(14)15/h5-6,8-9,12,14,17H,4,7,10-11H2,1-3H3. The van der Waals surface area contributed by atoms with Crippen molar-refractivity contribution >= 4 is 11.6 Å². The maximum Gasteiger partial charge on any atom is 0.230 e. The molecule has 3 nitrogen and oxygen atoms in total. The molecule has 1 aliphatic heterocycles. The van der Waals surface area contributed by atoms with Crippen molar-refractivity contribution in [2.45, 2.75) is 45.1 Å². The molecule has 0 saturated heterocycles. The lowest BCUT2D eigenvalue weighted by Gasteiger charge is -2.32. The van der Waals surface area contributed by atoms with Crippen LogP contribution in [0.1, 0.15) is 44.6 Å². The number of likely N-dealkylation sites (N-methyl/N-ethyl adjacent to an activating group) is 1. The van der Waals surface area contributed by atoms with Gasteiger partial charge < -0.3 is 10.2 Å². The molecule has 0 spiro atoms. The third-order valence-electron chi connectivity index (χ3n) is 4.10. The number of amides is 1. The van der Waals surface area contributed by atoms with E-state index in [2.05, 4.69) is 31.3 Å². The first-order valence-corrected chi connectivity index (χ1v) is 7.24. The van der Waals surface area contributed by atoms with E-state index in [-0.39, 0.29) is 11.8 Å². The van der Waals surface area contributed by atoms with Crippen molar-refractivity contribution < 1.29 is 4.79 Å². The zero-order chi connectivity index (χ0) is 13.8. The number of rotatable bonds is 4. The van der Waals surface area contributed by atoms with Crippen molar-refractivity contribution in [2.75, 3.05) is 18.9 Å². The van der Waals surface area contributed by atoms with Crippen LogP contribution in [-0.2, 0) is 4.79 Å².